The Hall–Kier alpha value is -0.900. The van der Waals surface area contributed by atoms with Gasteiger partial charge in [-0.1, -0.05) is 0 Å². The van der Waals surface area contributed by atoms with E-state index in [0.29, 0.717) is 6.42 Å². The number of ketones is 1. The van der Waals surface area contributed by atoms with Crippen LogP contribution in [0.4, 0.5) is 0 Å². The van der Waals surface area contributed by atoms with Crippen LogP contribution >= 0.6 is 0 Å². The fourth-order valence-corrected chi connectivity index (χ4v) is 2.59. The quantitative estimate of drug-likeness (QED) is 0.482. The molecule has 2 heterocycles. The summed E-state index contributed by atoms with van der Waals surface area (Å²) in [5.74, 6) is -0.521. The SMILES string of the molecule is COC(=O)[C@]1(C)C(=O)C[C@]2(C)CC[C@H]1O2. The van der Waals surface area contributed by atoms with Gasteiger partial charge in [-0.25, -0.2) is 0 Å². The molecule has 0 N–H and O–H groups in total. The number of esters is 1. The van der Waals surface area contributed by atoms with Crippen molar-refractivity contribution in [1.82, 2.24) is 0 Å². The number of rotatable bonds is 1. The Bertz CT molecular complexity index is 325. The Kier molecular flexibility index (Phi) is 2.15. The fraction of sp³-hybridized carbons (Fsp3) is 0.818. The molecule has 0 amide bonds. The Morgan fingerprint density at radius 1 is 1.53 bits per heavy atom. The Balaban J connectivity index is 2.34. The summed E-state index contributed by atoms with van der Waals surface area (Å²) in [6.45, 7) is 3.57. The molecule has 0 aromatic rings. The summed E-state index contributed by atoms with van der Waals surface area (Å²) >= 11 is 0. The molecule has 0 aromatic carbocycles. The molecule has 2 aliphatic heterocycles. The van der Waals surface area contributed by atoms with E-state index in [1.54, 1.807) is 6.92 Å². The fourth-order valence-electron chi connectivity index (χ4n) is 2.59. The highest BCUT2D eigenvalue weighted by Crippen LogP contribution is 2.48. The summed E-state index contributed by atoms with van der Waals surface area (Å²) in [4.78, 5) is 23.7. The predicted octanol–water partition coefficient (Wildman–Crippen LogP) is 1.08. The number of Topliss-reactive ketones (excluding diaryl/α,β-unsaturated/α-hetero) is 1. The van der Waals surface area contributed by atoms with Crippen molar-refractivity contribution in [3.8, 4) is 0 Å². The zero-order chi connectivity index (χ0) is 11.3. The van der Waals surface area contributed by atoms with Gasteiger partial charge in [0.2, 0.25) is 0 Å². The molecule has 0 unspecified atom stereocenters. The van der Waals surface area contributed by atoms with Crippen molar-refractivity contribution in [2.45, 2.75) is 44.8 Å². The van der Waals surface area contributed by atoms with Crippen LogP contribution in [0.25, 0.3) is 0 Å². The van der Waals surface area contributed by atoms with E-state index in [0.717, 1.165) is 12.8 Å². The van der Waals surface area contributed by atoms with Gasteiger partial charge in [0, 0.05) is 6.42 Å². The van der Waals surface area contributed by atoms with Gasteiger partial charge in [0.25, 0.3) is 0 Å². The summed E-state index contributed by atoms with van der Waals surface area (Å²) in [6.07, 6.45) is 1.61. The van der Waals surface area contributed by atoms with Crippen LogP contribution in [-0.4, -0.2) is 30.6 Å². The summed E-state index contributed by atoms with van der Waals surface area (Å²) in [5, 5.41) is 0. The van der Waals surface area contributed by atoms with Crippen molar-refractivity contribution < 1.29 is 19.1 Å². The molecule has 2 saturated heterocycles. The summed E-state index contributed by atoms with van der Waals surface area (Å²) in [6, 6.07) is 0. The van der Waals surface area contributed by atoms with Crippen LogP contribution in [0.1, 0.15) is 33.1 Å². The third-order valence-corrected chi connectivity index (χ3v) is 3.73. The van der Waals surface area contributed by atoms with Gasteiger partial charge < -0.3 is 9.47 Å². The molecular formula is C11H16O4. The van der Waals surface area contributed by atoms with Gasteiger partial charge in [-0.2, -0.15) is 0 Å². The highest BCUT2D eigenvalue weighted by atomic mass is 16.5. The number of hydrogen-bond acceptors (Lipinski definition) is 4. The lowest BCUT2D eigenvalue weighted by molar-refractivity contribution is -0.182. The van der Waals surface area contributed by atoms with E-state index in [4.69, 9.17) is 9.47 Å². The van der Waals surface area contributed by atoms with Crippen LogP contribution in [0.3, 0.4) is 0 Å². The largest absolute Gasteiger partial charge is 0.468 e. The molecule has 4 nitrogen and oxygen atoms in total. The minimum Gasteiger partial charge on any atom is -0.468 e. The molecule has 2 rings (SSSR count). The summed E-state index contributed by atoms with van der Waals surface area (Å²) in [7, 11) is 1.31. The number of carbonyl (C=O) groups excluding carboxylic acids is 2. The first kappa shape index (κ1) is 10.6. The van der Waals surface area contributed by atoms with Gasteiger partial charge in [-0.3, -0.25) is 9.59 Å². The molecule has 2 fully saturated rings. The molecule has 2 aliphatic rings. The maximum atomic E-state index is 12.0. The second kappa shape index (κ2) is 3.04. The molecule has 0 aliphatic carbocycles. The first-order valence-electron chi connectivity index (χ1n) is 5.22. The molecule has 15 heavy (non-hydrogen) atoms. The maximum Gasteiger partial charge on any atom is 0.321 e. The molecule has 0 aromatic heterocycles. The lowest BCUT2D eigenvalue weighted by Gasteiger charge is -2.39. The Morgan fingerprint density at radius 2 is 2.20 bits per heavy atom. The van der Waals surface area contributed by atoms with E-state index < -0.39 is 11.4 Å². The van der Waals surface area contributed by atoms with Crippen LogP contribution in [0, 0.1) is 5.41 Å². The third-order valence-electron chi connectivity index (χ3n) is 3.73. The number of methoxy groups -OCH3 is 1. The van der Waals surface area contributed by atoms with Crippen LogP contribution in [0.5, 0.6) is 0 Å². The Morgan fingerprint density at radius 3 is 2.80 bits per heavy atom. The average molecular weight is 212 g/mol. The van der Waals surface area contributed by atoms with Crippen LogP contribution in [-0.2, 0) is 19.1 Å². The van der Waals surface area contributed by atoms with Gasteiger partial charge in [0.15, 0.2) is 5.78 Å². The number of carbonyl (C=O) groups is 2. The normalized spacial score (nSPS) is 44.2. The summed E-state index contributed by atoms with van der Waals surface area (Å²) in [5.41, 5.74) is -1.44. The average Bonchev–Trinajstić information content (AvgIpc) is 2.53. The number of ether oxygens (including phenoxy) is 2. The lowest BCUT2D eigenvalue weighted by atomic mass is 9.76. The molecule has 3 atom stereocenters. The van der Waals surface area contributed by atoms with Crippen molar-refractivity contribution in [3.05, 3.63) is 0 Å². The first-order valence-corrected chi connectivity index (χ1v) is 5.22. The van der Waals surface area contributed by atoms with Crippen molar-refractivity contribution in [2.75, 3.05) is 7.11 Å². The van der Waals surface area contributed by atoms with Gasteiger partial charge >= 0.3 is 5.97 Å². The van der Waals surface area contributed by atoms with Crippen molar-refractivity contribution >= 4 is 11.8 Å². The zero-order valence-corrected chi connectivity index (χ0v) is 9.33. The topological polar surface area (TPSA) is 52.6 Å². The first-order chi connectivity index (χ1) is 6.92. The second-order valence-electron chi connectivity index (χ2n) is 4.89. The lowest BCUT2D eigenvalue weighted by Crippen LogP contribution is -2.53. The predicted molar refractivity (Wildman–Crippen MR) is 52.3 cm³/mol. The molecule has 84 valence electrons. The Labute approximate surface area is 88.9 Å². The number of fused-ring (bicyclic) bond motifs is 2. The van der Waals surface area contributed by atoms with E-state index in [2.05, 4.69) is 0 Å². The smallest absolute Gasteiger partial charge is 0.321 e. The van der Waals surface area contributed by atoms with Crippen molar-refractivity contribution in [1.29, 1.82) is 0 Å². The monoisotopic (exact) mass is 212 g/mol. The van der Waals surface area contributed by atoms with E-state index >= 15 is 0 Å². The minimum absolute atomic E-state index is 0.0504. The highest BCUT2D eigenvalue weighted by molar-refractivity contribution is 6.05. The molecular weight excluding hydrogens is 196 g/mol. The van der Waals surface area contributed by atoms with Crippen LogP contribution in [0.2, 0.25) is 0 Å². The van der Waals surface area contributed by atoms with E-state index in [9.17, 15) is 9.59 Å². The van der Waals surface area contributed by atoms with Crippen LogP contribution in [0.15, 0.2) is 0 Å². The molecule has 0 saturated carbocycles. The van der Waals surface area contributed by atoms with Crippen LogP contribution < -0.4 is 0 Å². The van der Waals surface area contributed by atoms with E-state index in [1.165, 1.54) is 7.11 Å². The summed E-state index contributed by atoms with van der Waals surface area (Å²) < 4.78 is 10.5. The minimum atomic E-state index is -1.09. The van der Waals surface area contributed by atoms with Gasteiger partial charge in [-0.15, -0.1) is 0 Å². The molecule has 0 radical (unpaired) electrons. The van der Waals surface area contributed by atoms with E-state index in [1.807, 2.05) is 6.92 Å². The molecule has 2 bridgehead atoms. The molecule has 0 spiro atoms. The van der Waals surface area contributed by atoms with Crippen molar-refractivity contribution in [3.63, 3.8) is 0 Å². The standard InChI is InChI=1S/C11H16O4/c1-10-5-4-8(15-10)11(2,7(12)6-10)9(13)14-3/h8H,4-6H2,1-3H3/t8-,10+,11-/m1/s1. The third kappa shape index (κ3) is 1.31. The zero-order valence-electron chi connectivity index (χ0n) is 9.33. The molecule has 4 heteroatoms. The van der Waals surface area contributed by atoms with Crippen molar-refractivity contribution in [2.24, 2.45) is 5.41 Å². The maximum absolute atomic E-state index is 12.0. The van der Waals surface area contributed by atoms with E-state index in [-0.39, 0.29) is 17.5 Å². The second-order valence-corrected chi connectivity index (χ2v) is 4.89. The van der Waals surface area contributed by atoms with Gasteiger partial charge in [-0.05, 0) is 26.7 Å². The highest BCUT2D eigenvalue weighted by Gasteiger charge is 2.60. The van der Waals surface area contributed by atoms with Gasteiger partial charge in [0.05, 0.1) is 18.8 Å². The van der Waals surface area contributed by atoms with Gasteiger partial charge in [0.1, 0.15) is 5.41 Å². The number of hydrogen-bond donors (Lipinski definition) is 0.